The zero-order valence-corrected chi connectivity index (χ0v) is 21.2. The molecule has 0 atom stereocenters. The summed E-state index contributed by atoms with van der Waals surface area (Å²) < 4.78 is 47.7. The van der Waals surface area contributed by atoms with Gasteiger partial charge in [0.05, 0.1) is 17.3 Å². The molecule has 1 aliphatic rings. The molecular formula is C27H29FN4O3S. The molecule has 2 aromatic carbocycles. The number of rotatable bonds is 7. The molecule has 0 N–H and O–H groups in total. The lowest BCUT2D eigenvalue weighted by Gasteiger charge is -2.28. The van der Waals surface area contributed by atoms with Gasteiger partial charge in [-0.25, -0.2) is 12.8 Å². The van der Waals surface area contributed by atoms with Crippen LogP contribution in [0.1, 0.15) is 24.1 Å². The number of aromatic nitrogens is 3. The van der Waals surface area contributed by atoms with Crippen molar-refractivity contribution in [1.29, 1.82) is 0 Å². The van der Waals surface area contributed by atoms with Crippen LogP contribution in [0.5, 0.6) is 5.75 Å². The Labute approximate surface area is 210 Å². The van der Waals surface area contributed by atoms with Crippen molar-refractivity contribution in [2.24, 2.45) is 0 Å². The van der Waals surface area contributed by atoms with Crippen LogP contribution in [-0.4, -0.2) is 60.4 Å². The highest BCUT2D eigenvalue weighted by atomic mass is 32.2. The van der Waals surface area contributed by atoms with E-state index in [2.05, 4.69) is 15.1 Å². The van der Waals surface area contributed by atoms with Crippen molar-refractivity contribution in [2.45, 2.75) is 35.8 Å². The van der Waals surface area contributed by atoms with Gasteiger partial charge in [-0.1, -0.05) is 12.1 Å². The van der Waals surface area contributed by atoms with Crippen molar-refractivity contribution < 1.29 is 17.5 Å². The van der Waals surface area contributed by atoms with E-state index in [0.717, 1.165) is 29.9 Å². The Morgan fingerprint density at radius 2 is 1.78 bits per heavy atom. The van der Waals surface area contributed by atoms with E-state index in [0.29, 0.717) is 47.5 Å². The minimum atomic E-state index is -3.36. The first-order valence-corrected chi connectivity index (χ1v) is 13.6. The molecule has 1 fully saturated rings. The summed E-state index contributed by atoms with van der Waals surface area (Å²) >= 11 is 0. The van der Waals surface area contributed by atoms with Gasteiger partial charge in [0, 0.05) is 11.3 Å². The second kappa shape index (κ2) is 9.99. The number of aryl methyl sites for hydroxylation is 2. The Bertz CT molecular complexity index is 1480. The maximum atomic E-state index is 14.3. The Morgan fingerprint density at radius 3 is 2.50 bits per heavy atom. The number of sulfone groups is 1. The monoisotopic (exact) mass is 508 g/mol. The summed E-state index contributed by atoms with van der Waals surface area (Å²) in [6, 6.07) is 15.7. The third-order valence-electron chi connectivity index (χ3n) is 7.04. The number of likely N-dealkylation sites (tertiary alicyclic amines) is 1. The molecule has 3 heterocycles. The number of nitrogens with zero attached hydrogens (tertiary/aromatic N) is 4. The van der Waals surface area contributed by atoms with E-state index in [4.69, 9.17) is 4.74 Å². The molecule has 188 valence electrons. The number of pyridine rings is 1. The van der Waals surface area contributed by atoms with E-state index in [1.54, 1.807) is 37.7 Å². The van der Waals surface area contributed by atoms with Gasteiger partial charge in [0.15, 0.2) is 15.5 Å². The highest BCUT2D eigenvalue weighted by molar-refractivity contribution is 7.92. The molecule has 0 saturated carbocycles. The van der Waals surface area contributed by atoms with Crippen molar-refractivity contribution in [2.75, 3.05) is 27.2 Å². The predicted octanol–water partition coefficient (Wildman–Crippen LogP) is 4.20. The molecule has 0 amide bonds. The average molecular weight is 509 g/mol. The zero-order chi connectivity index (χ0) is 25.3. The molecule has 0 radical (unpaired) electrons. The first-order chi connectivity index (χ1) is 17.4. The summed E-state index contributed by atoms with van der Waals surface area (Å²) in [7, 11) is 0.217. The van der Waals surface area contributed by atoms with Crippen molar-refractivity contribution in [3.05, 3.63) is 78.0 Å². The van der Waals surface area contributed by atoms with Crippen LogP contribution < -0.4 is 4.74 Å². The second-order valence-corrected chi connectivity index (χ2v) is 11.5. The van der Waals surface area contributed by atoms with E-state index in [1.807, 2.05) is 35.7 Å². The molecule has 5 rings (SSSR count). The van der Waals surface area contributed by atoms with Crippen LogP contribution in [-0.2, 0) is 22.7 Å². The van der Waals surface area contributed by atoms with Crippen LogP contribution in [0.15, 0.2) is 65.8 Å². The quantitative estimate of drug-likeness (QED) is 0.373. The number of benzene rings is 2. The number of methoxy groups -OCH3 is 1. The number of piperidine rings is 1. The fourth-order valence-corrected chi connectivity index (χ4v) is 6.57. The first-order valence-electron chi connectivity index (χ1n) is 12.0. The van der Waals surface area contributed by atoms with Crippen LogP contribution >= 0.6 is 0 Å². The number of halogens is 1. The zero-order valence-electron chi connectivity index (χ0n) is 20.4. The number of fused-ring (bicyclic) bond motifs is 1. The van der Waals surface area contributed by atoms with Crippen molar-refractivity contribution in [1.82, 2.24) is 19.5 Å². The molecule has 1 aliphatic heterocycles. The van der Waals surface area contributed by atoms with Crippen LogP contribution in [0.2, 0.25) is 0 Å². The topological polar surface area (TPSA) is 76.8 Å². The maximum absolute atomic E-state index is 14.3. The molecule has 0 bridgehead atoms. The normalized spacial score (nSPS) is 15.4. The fraction of sp³-hybridized carbons (Fsp3) is 0.333. The Balaban J connectivity index is 1.38. The number of hydrogen-bond acceptors (Lipinski definition) is 6. The van der Waals surface area contributed by atoms with E-state index in [1.165, 1.54) is 6.07 Å². The SMILES string of the molecule is COc1ccc(F)c(CCc2ccc(-c3ccc(S(=O)(=O)C4CCN(C)CC4)cc3)c3nncn23)c1. The second-order valence-electron chi connectivity index (χ2n) is 9.29. The van der Waals surface area contributed by atoms with Gasteiger partial charge >= 0.3 is 0 Å². The van der Waals surface area contributed by atoms with Crippen LogP contribution in [0.3, 0.4) is 0 Å². The highest BCUT2D eigenvalue weighted by Gasteiger charge is 2.30. The highest BCUT2D eigenvalue weighted by Crippen LogP contribution is 2.29. The van der Waals surface area contributed by atoms with Gasteiger partial charge in [0.1, 0.15) is 17.9 Å². The summed E-state index contributed by atoms with van der Waals surface area (Å²) in [6.45, 7) is 1.59. The lowest BCUT2D eigenvalue weighted by molar-refractivity contribution is 0.277. The first kappa shape index (κ1) is 24.4. The van der Waals surface area contributed by atoms with Crippen LogP contribution in [0, 0.1) is 5.82 Å². The van der Waals surface area contributed by atoms with Gasteiger partial charge in [0.25, 0.3) is 0 Å². The standard InChI is InChI=1S/C27H29FN4O3S/c1-31-15-13-24(14-16-31)36(33,34)23-9-4-19(5-10-23)25-11-7-21(32-18-29-30-27(25)32)6-3-20-17-22(35-2)8-12-26(20)28/h4-5,7-12,17-18,24H,3,6,13-16H2,1-2H3. The van der Waals surface area contributed by atoms with Gasteiger partial charge < -0.3 is 9.64 Å². The largest absolute Gasteiger partial charge is 0.497 e. The van der Waals surface area contributed by atoms with Gasteiger partial charge in [-0.3, -0.25) is 4.40 Å². The summed E-state index contributed by atoms with van der Waals surface area (Å²) in [5, 5.41) is 8.06. The average Bonchev–Trinajstić information content (AvgIpc) is 3.39. The molecule has 9 heteroatoms. The Kier molecular flexibility index (Phi) is 6.77. The van der Waals surface area contributed by atoms with Crippen molar-refractivity contribution in [3.63, 3.8) is 0 Å². The number of ether oxygens (including phenoxy) is 1. The fourth-order valence-electron chi connectivity index (χ4n) is 4.84. The predicted molar refractivity (Wildman–Crippen MR) is 136 cm³/mol. The molecule has 0 spiro atoms. The van der Waals surface area contributed by atoms with E-state index < -0.39 is 9.84 Å². The summed E-state index contributed by atoms with van der Waals surface area (Å²) in [6.07, 6.45) is 4.05. The molecule has 2 aromatic heterocycles. The third-order valence-corrected chi connectivity index (χ3v) is 9.32. The van der Waals surface area contributed by atoms with E-state index >= 15 is 0 Å². The van der Waals surface area contributed by atoms with Crippen molar-refractivity contribution in [3.8, 4) is 16.9 Å². The van der Waals surface area contributed by atoms with Crippen LogP contribution in [0.4, 0.5) is 4.39 Å². The lowest BCUT2D eigenvalue weighted by Crippen LogP contribution is -2.37. The smallest absolute Gasteiger partial charge is 0.181 e. The molecule has 7 nitrogen and oxygen atoms in total. The van der Waals surface area contributed by atoms with Crippen LogP contribution in [0.25, 0.3) is 16.8 Å². The molecule has 0 unspecified atom stereocenters. The minimum Gasteiger partial charge on any atom is -0.497 e. The maximum Gasteiger partial charge on any atom is 0.181 e. The minimum absolute atomic E-state index is 0.261. The number of hydrogen-bond donors (Lipinski definition) is 0. The van der Waals surface area contributed by atoms with E-state index in [-0.39, 0.29) is 11.1 Å². The van der Waals surface area contributed by atoms with Gasteiger partial charge in [-0.2, -0.15) is 0 Å². The van der Waals surface area contributed by atoms with Gasteiger partial charge in [-0.05, 0) is 99.4 Å². The van der Waals surface area contributed by atoms with Gasteiger partial charge in [-0.15, -0.1) is 10.2 Å². The molecule has 1 saturated heterocycles. The van der Waals surface area contributed by atoms with E-state index in [9.17, 15) is 12.8 Å². The molecule has 36 heavy (non-hydrogen) atoms. The summed E-state index contributed by atoms with van der Waals surface area (Å²) in [5.41, 5.74) is 3.92. The lowest BCUT2D eigenvalue weighted by atomic mass is 10.0. The molecule has 4 aromatic rings. The van der Waals surface area contributed by atoms with Gasteiger partial charge in [0.2, 0.25) is 0 Å². The third kappa shape index (κ3) is 4.73. The summed E-state index contributed by atoms with van der Waals surface area (Å²) in [5.74, 6) is 0.361. The molecular weight excluding hydrogens is 479 g/mol. The molecule has 0 aliphatic carbocycles. The Morgan fingerprint density at radius 1 is 1.03 bits per heavy atom. The Hall–Kier alpha value is -3.30. The summed E-state index contributed by atoms with van der Waals surface area (Å²) in [4.78, 5) is 2.52. The van der Waals surface area contributed by atoms with Crippen molar-refractivity contribution >= 4 is 15.5 Å².